The summed E-state index contributed by atoms with van der Waals surface area (Å²) in [7, 11) is 0. The van der Waals surface area contributed by atoms with Crippen molar-refractivity contribution >= 4 is 0 Å². The van der Waals surface area contributed by atoms with Crippen molar-refractivity contribution < 1.29 is 10.2 Å². The Morgan fingerprint density at radius 3 is 2.29 bits per heavy atom. The molecule has 4 aliphatic carbocycles. The predicted octanol–water partition coefficient (Wildman–Crippen LogP) is 6.19. The van der Waals surface area contributed by atoms with Crippen LogP contribution in [0.2, 0.25) is 0 Å². The summed E-state index contributed by atoms with van der Waals surface area (Å²) in [6, 6.07) is 0. The molecule has 10 atom stereocenters. The second-order valence-corrected chi connectivity index (χ2v) is 12.0. The SMILES string of the molecule is CC[C@@H](O)[C@@H](C)[C@H]1CC[C@H]2[C@@H]3CC[C@@H]4C[C@@](O)(CC)CC[C@]4(C)[C@H]3CC[C@]12C. The van der Waals surface area contributed by atoms with Crippen LogP contribution in [0, 0.1) is 46.3 Å². The highest BCUT2D eigenvalue weighted by atomic mass is 16.3. The van der Waals surface area contributed by atoms with E-state index in [1.165, 1.54) is 44.9 Å². The van der Waals surface area contributed by atoms with E-state index >= 15 is 0 Å². The summed E-state index contributed by atoms with van der Waals surface area (Å²) in [5.74, 6) is 4.51. The average molecular weight is 391 g/mol. The topological polar surface area (TPSA) is 40.5 Å². The van der Waals surface area contributed by atoms with Crippen molar-refractivity contribution in [2.45, 2.75) is 117 Å². The summed E-state index contributed by atoms with van der Waals surface area (Å²) in [6.45, 7) is 11.8. The summed E-state index contributed by atoms with van der Waals surface area (Å²) >= 11 is 0. The molecule has 162 valence electrons. The molecule has 0 bridgehead atoms. The molecule has 0 unspecified atom stereocenters. The molecule has 4 fully saturated rings. The number of hydrogen-bond acceptors (Lipinski definition) is 2. The first kappa shape index (κ1) is 21.2. The van der Waals surface area contributed by atoms with E-state index in [4.69, 9.17) is 0 Å². The second kappa shape index (κ2) is 7.26. The molecule has 0 saturated heterocycles. The molecule has 0 aromatic rings. The van der Waals surface area contributed by atoms with E-state index in [9.17, 15) is 10.2 Å². The Morgan fingerprint density at radius 1 is 0.893 bits per heavy atom. The van der Waals surface area contributed by atoms with Crippen LogP contribution in [0.4, 0.5) is 0 Å². The lowest BCUT2D eigenvalue weighted by molar-refractivity contribution is -0.154. The van der Waals surface area contributed by atoms with E-state index < -0.39 is 0 Å². The summed E-state index contributed by atoms with van der Waals surface area (Å²) in [6.07, 6.45) is 13.2. The van der Waals surface area contributed by atoms with E-state index in [2.05, 4.69) is 34.6 Å². The van der Waals surface area contributed by atoms with Gasteiger partial charge in [-0.3, -0.25) is 0 Å². The zero-order valence-corrected chi connectivity index (χ0v) is 19.2. The van der Waals surface area contributed by atoms with Crippen LogP contribution in [0.25, 0.3) is 0 Å². The van der Waals surface area contributed by atoms with Gasteiger partial charge in [-0.2, -0.15) is 0 Å². The van der Waals surface area contributed by atoms with Crippen molar-refractivity contribution in [1.29, 1.82) is 0 Å². The maximum atomic E-state index is 11.0. The normalized spacial score (nSPS) is 53.0. The molecule has 28 heavy (non-hydrogen) atoms. The molecule has 0 spiro atoms. The Bertz CT molecular complexity index is 575. The van der Waals surface area contributed by atoms with Crippen molar-refractivity contribution in [1.82, 2.24) is 0 Å². The zero-order valence-electron chi connectivity index (χ0n) is 19.2. The van der Waals surface area contributed by atoms with Crippen LogP contribution in [-0.2, 0) is 0 Å². The van der Waals surface area contributed by atoms with Crippen LogP contribution < -0.4 is 0 Å². The fourth-order valence-corrected chi connectivity index (χ4v) is 9.19. The van der Waals surface area contributed by atoms with Gasteiger partial charge in [0.1, 0.15) is 0 Å². The molecule has 2 heteroatoms. The van der Waals surface area contributed by atoms with Gasteiger partial charge in [0, 0.05) is 0 Å². The van der Waals surface area contributed by atoms with Crippen molar-refractivity contribution in [3.8, 4) is 0 Å². The molecule has 4 saturated carbocycles. The highest BCUT2D eigenvalue weighted by Crippen LogP contribution is 2.69. The Balaban J connectivity index is 1.55. The number of fused-ring (bicyclic) bond motifs is 5. The molecule has 4 rings (SSSR count). The van der Waals surface area contributed by atoms with Gasteiger partial charge in [-0.1, -0.05) is 34.6 Å². The molecule has 0 aromatic heterocycles. The molecular weight excluding hydrogens is 344 g/mol. The maximum Gasteiger partial charge on any atom is 0.0648 e. The largest absolute Gasteiger partial charge is 0.393 e. The first-order chi connectivity index (χ1) is 13.2. The molecule has 0 heterocycles. The van der Waals surface area contributed by atoms with Crippen molar-refractivity contribution in [2.75, 3.05) is 0 Å². The van der Waals surface area contributed by atoms with Crippen molar-refractivity contribution in [3.63, 3.8) is 0 Å². The lowest BCUT2D eigenvalue weighted by Crippen LogP contribution is -2.56. The lowest BCUT2D eigenvalue weighted by atomic mass is 9.43. The van der Waals surface area contributed by atoms with Crippen molar-refractivity contribution in [2.24, 2.45) is 46.3 Å². The minimum Gasteiger partial charge on any atom is -0.393 e. The monoisotopic (exact) mass is 390 g/mol. The predicted molar refractivity (Wildman–Crippen MR) is 116 cm³/mol. The third-order valence-electron chi connectivity index (χ3n) is 11.2. The summed E-state index contributed by atoms with van der Waals surface area (Å²) < 4.78 is 0. The molecule has 0 aliphatic heterocycles. The molecule has 0 aromatic carbocycles. The van der Waals surface area contributed by atoms with Crippen LogP contribution in [0.3, 0.4) is 0 Å². The van der Waals surface area contributed by atoms with Gasteiger partial charge < -0.3 is 10.2 Å². The van der Waals surface area contributed by atoms with Gasteiger partial charge in [0.05, 0.1) is 11.7 Å². The Kier molecular flexibility index (Phi) is 5.49. The highest BCUT2D eigenvalue weighted by Gasteiger charge is 2.61. The first-order valence-electron chi connectivity index (χ1n) is 12.6. The molecule has 0 amide bonds. The van der Waals surface area contributed by atoms with E-state index in [-0.39, 0.29) is 11.7 Å². The molecule has 2 nitrogen and oxygen atoms in total. The Hall–Kier alpha value is -0.0800. The van der Waals surface area contributed by atoms with Crippen LogP contribution in [0.5, 0.6) is 0 Å². The van der Waals surface area contributed by atoms with Gasteiger partial charge in [0.15, 0.2) is 0 Å². The number of hydrogen-bond donors (Lipinski definition) is 2. The Labute approximate surface area is 173 Å². The molecule has 4 aliphatic rings. The average Bonchev–Trinajstić information content (AvgIpc) is 3.04. The first-order valence-corrected chi connectivity index (χ1v) is 12.6. The van der Waals surface area contributed by atoms with E-state index in [0.29, 0.717) is 22.7 Å². The number of aliphatic hydroxyl groups excluding tert-OH is 1. The minimum absolute atomic E-state index is 0.128. The van der Waals surface area contributed by atoms with Gasteiger partial charge in [-0.15, -0.1) is 0 Å². The van der Waals surface area contributed by atoms with Crippen LogP contribution in [0.1, 0.15) is 105 Å². The summed E-state index contributed by atoms with van der Waals surface area (Å²) in [4.78, 5) is 0. The quantitative estimate of drug-likeness (QED) is 0.600. The van der Waals surface area contributed by atoms with E-state index in [0.717, 1.165) is 49.4 Å². The summed E-state index contributed by atoms with van der Waals surface area (Å²) in [5, 5.41) is 21.5. The van der Waals surface area contributed by atoms with Gasteiger partial charge >= 0.3 is 0 Å². The van der Waals surface area contributed by atoms with Gasteiger partial charge in [0.25, 0.3) is 0 Å². The number of rotatable bonds is 4. The maximum absolute atomic E-state index is 11.0. The minimum atomic E-state index is -0.385. The van der Waals surface area contributed by atoms with Crippen LogP contribution in [0.15, 0.2) is 0 Å². The Morgan fingerprint density at radius 2 is 1.61 bits per heavy atom. The standard InChI is InChI=1S/C26H46O2/c1-6-23(27)17(3)20-10-11-21-19-9-8-18-16-26(28,7-2)15-14-24(18,4)22(19)12-13-25(20,21)5/h17-23,27-28H,6-16H2,1-5H3/t17-,18+,19-,20+,21-,22-,23+,24-,25+,26+/m0/s1. The number of aliphatic hydroxyl groups is 2. The lowest BCUT2D eigenvalue weighted by Gasteiger charge is -2.62. The van der Waals surface area contributed by atoms with Gasteiger partial charge in [-0.05, 0) is 117 Å². The fraction of sp³-hybridized carbons (Fsp3) is 1.00. The van der Waals surface area contributed by atoms with E-state index in [1.807, 2.05) is 0 Å². The third-order valence-corrected chi connectivity index (χ3v) is 11.2. The van der Waals surface area contributed by atoms with Crippen molar-refractivity contribution in [3.05, 3.63) is 0 Å². The zero-order chi connectivity index (χ0) is 20.3. The van der Waals surface area contributed by atoms with Crippen LogP contribution >= 0.6 is 0 Å². The van der Waals surface area contributed by atoms with E-state index in [1.54, 1.807) is 0 Å². The second-order valence-electron chi connectivity index (χ2n) is 12.0. The smallest absolute Gasteiger partial charge is 0.0648 e. The van der Waals surface area contributed by atoms with Crippen LogP contribution in [-0.4, -0.2) is 21.9 Å². The fourth-order valence-electron chi connectivity index (χ4n) is 9.19. The molecule has 0 radical (unpaired) electrons. The third kappa shape index (κ3) is 3.03. The van der Waals surface area contributed by atoms with Gasteiger partial charge in [0.2, 0.25) is 0 Å². The molecular formula is C26H46O2. The highest BCUT2D eigenvalue weighted by molar-refractivity contribution is 5.11. The molecule has 2 N–H and O–H groups in total. The summed E-state index contributed by atoms with van der Waals surface area (Å²) in [5.41, 5.74) is 0.515. The van der Waals surface area contributed by atoms with Gasteiger partial charge in [-0.25, -0.2) is 0 Å².